The van der Waals surface area contributed by atoms with Gasteiger partial charge in [0, 0.05) is 13.6 Å². The number of benzene rings is 1. The maximum atomic E-state index is 11.9. The topological polar surface area (TPSA) is 66.8 Å². The number of carboxylic acids is 1. The minimum absolute atomic E-state index is 0.110. The van der Waals surface area contributed by atoms with E-state index in [-0.39, 0.29) is 6.54 Å². The molecule has 0 saturated carbocycles. The first-order chi connectivity index (χ1) is 9.69. The first-order valence-corrected chi connectivity index (χ1v) is 6.90. The van der Waals surface area contributed by atoms with E-state index in [2.05, 4.69) is 0 Å². The Morgan fingerprint density at radius 2 is 1.81 bits per heavy atom. The molecule has 21 heavy (non-hydrogen) atoms. The van der Waals surface area contributed by atoms with Crippen LogP contribution in [0.1, 0.15) is 26.3 Å². The molecule has 0 aliphatic carbocycles. The second-order valence-electron chi connectivity index (χ2n) is 6.09. The zero-order valence-electron chi connectivity index (χ0n) is 13.0. The quantitative estimate of drug-likeness (QED) is 0.906. The van der Waals surface area contributed by atoms with Gasteiger partial charge in [-0.15, -0.1) is 0 Å². The molecule has 1 rings (SSSR count). The predicted molar refractivity (Wildman–Crippen MR) is 80.1 cm³/mol. The molecule has 1 atom stereocenters. The second-order valence-corrected chi connectivity index (χ2v) is 6.09. The molecule has 0 bridgehead atoms. The highest BCUT2D eigenvalue weighted by molar-refractivity contribution is 5.73. The van der Waals surface area contributed by atoms with Gasteiger partial charge in [0.1, 0.15) is 5.60 Å². The van der Waals surface area contributed by atoms with E-state index in [1.807, 2.05) is 30.3 Å². The van der Waals surface area contributed by atoms with Crippen LogP contribution >= 0.6 is 0 Å². The normalized spacial score (nSPS) is 12.6. The summed E-state index contributed by atoms with van der Waals surface area (Å²) < 4.78 is 5.22. The maximum Gasteiger partial charge on any atom is 0.410 e. The van der Waals surface area contributed by atoms with E-state index in [0.717, 1.165) is 5.56 Å². The summed E-state index contributed by atoms with van der Waals surface area (Å²) in [6.07, 6.45) is -0.134. The molecule has 116 valence electrons. The standard InChI is InChI=1S/C16H23NO4/c1-16(2,3)21-15(20)17(4)11-13(14(18)19)10-12-8-6-5-7-9-12/h5-9,13H,10-11H2,1-4H3,(H,18,19). The van der Waals surface area contributed by atoms with Gasteiger partial charge in [0.15, 0.2) is 0 Å². The largest absolute Gasteiger partial charge is 0.481 e. The summed E-state index contributed by atoms with van der Waals surface area (Å²) >= 11 is 0. The van der Waals surface area contributed by atoms with E-state index in [4.69, 9.17) is 4.74 Å². The molecule has 5 heteroatoms. The summed E-state index contributed by atoms with van der Waals surface area (Å²) in [7, 11) is 1.55. The van der Waals surface area contributed by atoms with Crippen LogP contribution < -0.4 is 0 Å². The lowest BCUT2D eigenvalue weighted by Crippen LogP contribution is -2.39. The first-order valence-electron chi connectivity index (χ1n) is 6.90. The van der Waals surface area contributed by atoms with Crippen LogP contribution in [0.2, 0.25) is 0 Å². The summed E-state index contributed by atoms with van der Waals surface area (Å²) in [5, 5.41) is 9.32. The van der Waals surface area contributed by atoms with Crippen LogP contribution in [0.4, 0.5) is 4.79 Å². The van der Waals surface area contributed by atoms with Crippen LogP contribution in [-0.2, 0) is 16.0 Å². The number of hydrogen-bond acceptors (Lipinski definition) is 3. The zero-order chi connectivity index (χ0) is 16.0. The summed E-state index contributed by atoms with van der Waals surface area (Å²) in [6, 6.07) is 9.37. The Hall–Kier alpha value is -2.04. The van der Waals surface area contributed by atoms with Crippen molar-refractivity contribution >= 4 is 12.1 Å². The molecule has 1 aromatic carbocycles. The smallest absolute Gasteiger partial charge is 0.410 e. The van der Waals surface area contributed by atoms with Crippen molar-refractivity contribution in [1.29, 1.82) is 0 Å². The van der Waals surface area contributed by atoms with E-state index < -0.39 is 23.6 Å². The fourth-order valence-corrected chi connectivity index (χ4v) is 1.87. The third kappa shape index (κ3) is 6.29. The Kier molecular flexibility index (Phi) is 5.76. The van der Waals surface area contributed by atoms with E-state index in [1.165, 1.54) is 4.90 Å². The Labute approximate surface area is 125 Å². The predicted octanol–water partition coefficient (Wildman–Crippen LogP) is 2.80. The third-order valence-corrected chi connectivity index (χ3v) is 2.87. The zero-order valence-corrected chi connectivity index (χ0v) is 13.0. The molecular weight excluding hydrogens is 270 g/mol. The Morgan fingerprint density at radius 1 is 1.24 bits per heavy atom. The van der Waals surface area contributed by atoms with Gasteiger partial charge in [0.2, 0.25) is 0 Å². The van der Waals surface area contributed by atoms with Crippen molar-refractivity contribution in [3.05, 3.63) is 35.9 Å². The lowest BCUT2D eigenvalue weighted by atomic mass is 9.99. The molecule has 5 nitrogen and oxygen atoms in total. The Morgan fingerprint density at radius 3 is 2.29 bits per heavy atom. The fraction of sp³-hybridized carbons (Fsp3) is 0.500. The van der Waals surface area contributed by atoms with Crippen molar-refractivity contribution in [3.8, 4) is 0 Å². The SMILES string of the molecule is CN(CC(Cc1ccccc1)C(=O)O)C(=O)OC(C)(C)C. The van der Waals surface area contributed by atoms with Crippen LogP contribution in [0.5, 0.6) is 0 Å². The number of ether oxygens (including phenoxy) is 1. The highest BCUT2D eigenvalue weighted by Crippen LogP contribution is 2.13. The number of amides is 1. The van der Waals surface area contributed by atoms with Gasteiger partial charge in [-0.2, -0.15) is 0 Å². The summed E-state index contributed by atoms with van der Waals surface area (Å²) in [4.78, 5) is 24.6. The van der Waals surface area contributed by atoms with Gasteiger partial charge in [-0.1, -0.05) is 30.3 Å². The lowest BCUT2D eigenvalue weighted by molar-refractivity contribution is -0.142. The van der Waals surface area contributed by atoms with Crippen molar-refractivity contribution in [3.63, 3.8) is 0 Å². The summed E-state index contributed by atoms with van der Waals surface area (Å²) in [5.41, 5.74) is 0.339. The van der Waals surface area contributed by atoms with Crippen molar-refractivity contribution in [1.82, 2.24) is 4.90 Å². The molecule has 1 unspecified atom stereocenters. The number of aliphatic carboxylic acids is 1. The van der Waals surface area contributed by atoms with Crippen molar-refractivity contribution in [2.24, 2.45) is 5.92 Å². The van der Waals surface area contributed by atoms with E-state index >= 15 is 0 Å². The molecule has 1 amide bonds. The Balaban J connectivity index is 2.66. The maximum absolute atomic E-state index is 11.9. The molecule has 0 aliphatic heterocycles. The number of rotatable bonds is 5. The number of nitrogens with zero attached hydrogens (tertiary/aromatic N) is 1. The van der Waals surface area contributed by atoms with Crippen LogP contribution in [0, 0.1) is 5.92 Å². The Bertz CT molecular complexity index is 479. The molecule has 1 N–H and O–H groups in total. The van der Waals surface area contributed by atoms with E-state index in [9.17, 15) is 14.7 Å². The fourth-order valence-electron chi connectivity index (χ4n) is 1.87. The molecule has 0 heterocycles. The highest BCUT2D eigenvalue weighted by Gasteiger charge is 2.25. The molecule has 0 aromatic heterocycles. The van der Waals surface area contributed by atoms with Crippen molar-refractivity contribution in [2.45, 2.75) is 32.8 Å². The van der Waals surface area contributed by atoms with Crippen LogP contribution in [0.3, 0.4) is 0 Å². The number of carbonyl (C=O) groups excluding carboxylic acids is 1. The minimum atomic E-state index is -0.922. The molecule has 1 aromatic rings. The van der Waals surface area contributed by atoms with Gasteiger partial charge in [0.05, 0.1) is 5.92 Å². The minimum Gasteiger partial charge on any atom is -0.481 e. The van der Waals surface area contributed by atoms with Gasteiger partial charge in [-0.05, 0) is 32.8 Å². The molecule has 0 radical (unpaired) electrons. The monoisotopic (exact) mass is 293 g/mol. The summed E-state index contributed by atoms with van der Waals surface area (Å²) in [5.74, 6) is -1.58. The number of carboxylic acid groups (broad SMARTS) is 1. The molecule has 0 aliphatic rings. The van der Waals surface area contributed by atoms with Gasteiger partial charge < -0.3 is 14.7 Å². The number of carbonyl (C=O) groups is 2. The van der Waals surface area contributed by atoms with Crippen LogP contribution in [0.25, 0.3) is 0 Å². The van der Waals surface area contributed by atoms with Gasteiger partial charge >= 0.3 is 12.1 Å². The molecule has 0 saturated heterocycles. The van der Waals surface area contributed by atoms with Crippen LogP contribution in [0.15, 0.2) is 30.3 Å². The second kappa shape index (κ2) is 7.11. The highest BCUT2D eigenvalue weighted by atomic mass is 16.6. The van der Waals surface area contributed by atoms with Crippen LogP contribution in [-0.4, -0.2) is 41.3 Å². The van der Waals surface area contributed by atoms with E-state index in [1.54, 1.807) is 27.8 Å². The average molecular weight is 293 g/mol. The third-order valence-electron chi connectivity index (χ3n) is 2.87. The molecule has 0 spiro atoms. The average Bonchev–Trinajstić information content (AvgIpc) is 2.36. The first kappa shape index (κ1) is 17.0. The van der Waals surface area contributed by atoms with Crippen molar-refractivity contribution < 1.29 is 19.4 Å². The van der Waals surface area contributed by atoms with Gasteiger partial charge in [-0.25, -0.2) is 4.79 Å². The molecular formula is C16H23NO4. The summed E-state index contributed by atoms with van der Waals surface area (Å²) in [6.45, 7) is 5.44. The van der Waals surface area contributed by atoms with Crippen molar-refractivity contribution in [2.75, 3.05) is 13.6 Å². The van der Waals surface area contributed by atoms with Gasteiger partial charge in [0.25, 0.3) is 0 Å². The molecule has 0 fully saturated rings. The number of hydrogen-bond donors (Lipinski definition) is 1. The lowest BCUT2D eigenvalue weighted by Gasteiger charge is -2.26. The van der Waals surface area contributed by atoms with Gasteiger partial charge in [-0.3, -0.25) is 4.79 Å². The van der Waals surface area contributed by atoms with E-state index in [0.29, 0.717) is 6.42 Å².